The Morgan fingerprint density at radius 3 is 2.38 bits per heavy atom. The van der Waals surface area contributed by atoms with Crippen molar-refractivity contribution < 1.29 is 23.0 Å². The molecule has 29 heavy (non-hydrogen) atoms. The van der Waals surface area contributed by atoms with Crippen molar-refractivity contribution in [2.24, 2.45) is 0 Å². The van der Waals surface area contributed by atoms with Gasteiger partial charge in [-0.2, -0.15) is 14.0 Å². The van der Waals surface area contributed by atoms with E-state index in [1.807, 2.05) is 18.2 Å². The number of ether oxygens (including phenoxy) is 2. The molecule has 0 aliphatic carbocycles. The van der Waals surface area contributed by atoms with Crippen LogP contribution < -0.4 is 15.0 Å². The van der Waals surface area contributed by atoms with E-state index in [4.69, 9.17) is 4.74 Å². The summed E-state index contributed by atoms with van der Waals surface area (Å²) >= 11 is 0. The molecule has 150 valence electrons. The highest BCUT2D eigenvalue weighted by Gasteiger charge is 2.13. The Morgan fingerprint density at radius 1 is 1.14 bits per heavy atom. The summed E-state index contributed by atoms with van der Waals surface area (Å²) in [5, 5.41) is 12.0. The second-order valence-electron chi connectivity index (χ2n) is 6.22. The number of nitrogens with one attached hydrogen (secondary N) is 1. The summed E-state index contributed by atoms with van der Waals surface area (Å²) in [6.45, 7) is 0.0858. The van der Waals surface area contributed by atoms with E-state index >= 15 is 0 Å². The summed E-state index contributed by atoms with van der Waals surface area (Å²) in [4.78, 5) is 14.6. The Bertz CT molecular complexity index is 900. The van der Waals surface area contributed by atoms with E-state index in [-0.39, 0.29) is 11.3 Å². The minimum Gasteiger partial charge on any atom is -0.435 e. The summed E-state index contributed by atoms with van der Waals surface area (Å²) in [6, 6.07) is 14.9. The van der Waals surface area contributed by atoms with Crippen LogP contribution in [0.4, 0.5) is 20.2 Å². The van der Waals surface area contributed by atoms with Crippen molar-refractivity contribution in [2.75, 3.05) is 36.5 Å². The van der Waals surface area contributed by atoms with Crippen molar-refractivity contribution in [1.29, 1.82) is 5.26 Å². The average Bonchev–Trinajstić information content (AvgIpc) is 2.74. The zero-order chi connectivity index (χ0) is 20.6. The number of carbonyl (C=O) groups excluding carboxylic acids is 1. The second-order valence-corrected chi connectivity index (χ2v) is 6.22. The molecule has 1 fully saturated rings. The predicted octanol–water partition coefficient (Wildman–Crippen LogP) is 3.67. The zero-order valence-electron chi connectivity index (χ0n) is 15.5. The van der Waals surface area contributed by atoms with E-state index in [0.717, 1.165) is 18.8 Å². The first-order chi connectivity index (χ1) is 14.0. The van der Waals surface area contributed by atoms with Crippen molar-refractivity contribution in [1.82, 2.24) is 0 Å². The smallest absolute Gasteiger partial charge is 0.387 e. The van der Waals surface area contributed by atoms with Crippen LogP contribution in [0.1, 0.15) is 5.56 Å². The number of benzene rings is 2. The quantitative estimate of drug-likeness (QED) is 0.593. The minimum absolute atomic E-state index is 0.000432. The SMILES string of the molecule is N#CC(=Cc1ccc(OC(F)F)cc1)C(=O)Nc1ccc(N2CCOCC2)cc1. The molecule has 1 amide bonds. The van der Waals surface area contributed by atoms with Gasteiger partial charge in [0, 0.05) is 24.5 Å². The number of rotatable bonds is 6. The van der Waals surface area contributed by atoms with Crippen LogP contribution in [0, 0.1) is 11.3 Å². The third kappa shape index (κ3) is 5.77. The summed E-state index contributed by atoms with van der Waals surface area (Å²) in [5.41, 5.74) is 2.01. The number of amides is 1. The van der Waals surface area contributed by atoms with Crippen LogP contribution in [-0.2, 0) is 9.53 Å². The van der Waals surface area contributed by atoms with E-state index in [1.165, 1.54) is 30.3 Å². The topological polar surface area (TPSA) is 74.6 Å². The molecule has 3 rings (SSSR count). The zero-order valence-corrected chi connectivity index (χ0v) is 15.5. The first-order valence-corrected chi connectivity index (χ1v) is 8.96. The molecule has 1 saturated heterocycles. The Balaban J connectivity index is 1.64. The van der Waals surface area contributed by atoms with Crippen molar-refractivity contribution in [3.63, 3.8) is 0 Å². The number of anilines is 2. The number of nitriles is 1. The molecular weight excluding hydrogens is 380 g/mol. The Labute approximate surface area is 166 Å². The second kappa shape index (κ2) is 9.66. The molecule has 0 bridgehead atoms. The van der Waals surface area contributed by atoms with E-state index in [1.54, 1.807) is 12.1 Å². The van der Waals surface area contributed by atoms with Gasteiger partial charge in [0.25, 0.3) is 5.91 Å². The van der Waals surface area contributed by atoms with Gasteiger partial charge >= 0.3 is 6.61 Å². The molecule has 0 radical (unpaired) electrons. The summed E-state index contributed by atoms with van der Waals surface area (Å²) in [6.07, 6.45) is 1.38. The molecule has 1 heterocycles. The molecule has 0 spiro atoms. The number of hydrogen-bond acceptors (Lipinski definition) is 5. The highest BCUT2D eigenvalue weighted by atomic mass is 19.3. The number of carbonyl (C=O) groups is 1. The molecular formula is C21H19F2N3O3. The van der Waals surface area contributed by atoms with E-state index < -0.39 is 12.5 Å². The lowest BCUT2D eigenvalue weighted by Crippen LogP contribution is -2.36. The fourth-order valence-corrected chi connectivity index (χ4v) is 2.84. The van der Waals surface area contributed by atoms with Gasteiger partial charge in [-0.15, -0.1) is 0 Å². The van der Waals surface area contributed by atoms with Gasteiger partial charge in [0.05, 0.1) is 13.2 Å². The van der Waals surface area contributed by atoms with Crippen molar-refractivity contribution in [2.45, 2.75) is 6.61 Å². The summed E-state index contributed by atoms with van der Waals surface area (Å²) in [5.74, 6) is -0.556. The Hall–Kier alpha value is -3.44. The van der Waals surface area contributed by atoms with E-state index in [0.29, 0.717) is 24.5 Å². The van der Waals surface area contributed by atoms with Crippen LogP contribution in [-0.4, -0.2) is 38.8 Å². The molecule has 1 aliphatic rings. The molecule has 2 aromatic carbocycles. The fraction of sp³-hybridized carbons (Fsp3) is 0.238. The van der Waals surface area contributed by atoms with Crippen LogP contribution in [0.5, 0.6) is 5.75 Å². The van der Waals surface area contributed by atoms with Crippen LogP contribution in [0.2, 0.25) is 0 Å². The lowest BCUT2D eigenvalue weighted by atomic mass is 10.1. The number of nitrogens with zero attached hydrogens (tertiary/aromatic N) is 2. The van der Waals surface area contributed by atoms with Crippen LogP contribution in [0.25, 0.3) is 6.08 Å². The third-order valence-corrected chi connectivity index (χ3v) is 4.28. The van der Waals surface area contributed by atoms with Crippen LogP contribution >= 0.6 is 0 Å². The first kappa shape index (κ1) is 20.3. The molecule has 0 atom stereocenters. The number of morpholine rings is 1. The van der Waals surface area contributed by atoms with Gasteiger partial charge in [-0.25, -0.2) is 0 Å². The molecule has 6 nitrogen and oxygen atoms in total. The maximum Gasteiger partial charge on any atom is 0.387 e. The molecule has 8 heteroatoms. The molecule has 0 aromatic heterocycles. The summed E-state index contributed by atoms with van der Waals surface area (Å²) in [7, 11) is 0. The lowest BCUT2D eigenvalue weighted by Gasteiger charge is -2.28. The lowest BCUT2D eigenvalue weighted by molar-refractivity contribution is -0.112. The van der Waals surface area contributed by atoms with E-state index in [9.17, 15) is 18.8 Å². The normalized spacial score (nSPS) is 14.4. The van der Waals surface area contributed by atoms with Gasteiger partial charge < -0.3 is 19.7 Å². The maximum absolute atomic E-state index is 12.4. The van der Waals surface area contributed by atoms with Crippen molar-refractivity contribution in [3.05, 3.63) is 59.7 Å². The van der Waals surface area contributed by atoms with Gasteiger partial charge in [-0.05, 0) is 48.0 Å². The minimum atomic E-state index is -2.91. The monoisotopic (exact) mass is 399 g/mol. The van der Waals surface area contributed by atoms with Gasteiger partial charge in [0.2, 0.25) is 0 Å². The first-order valence-electron chi connectivity index (χ1n) is 8.96. The Morgan fingerprint density at radius 2 is 1.79 bits per heavy atom. The molecule has 1 aliphatic heterocycles. The van der Waals surface area contributed by atoms with Crippen LogP contribution in [0.15, 0.2) is 54.1 Å². The highest BCUT2D eigenvalue weighted by Crippen LogP contribution is 2.20. The fourth-order valence-electron chi connectivity index (χ4n) is 2.84. The molecule has 2 aromatic rings. The largest absolute Gasteiger partial charge is 0.435 e. The van der Waals surface area contributed by atoms with Crippen molar-refractivity contribution >= 4 is 23.4 Å². The van der Waals surface area contributed by atoms with Gasteiger partial charge in [-0.3, -0.25) is 4.79 Å². The number of halogens is 2. The van der Waals surface area contributed by atoms with Crippen molar-refractivity contribution in [3.8, 4) is 11.8 Å². The number of hydrogen-bond donors (Lipinski definition) is 1. The number of alkyl halides is 2. The standard InChI is InChI=1S/C21H19F2N3O3/c22-21(23)29-19-7-1-15(2-8-19)13-16(14-24)20(27)25-17-3-5-18(6-4-17)26-9-11-28-12-10-26/h1-8,13,21H,9-12H2,(H,25,27). The highest BCUT2D eigenvalue weighted by molar-refractivity contribution is 6.09. The third-order valence-electron chi connectivity index (χ3n) is 4.28. The molecule has 1 N–H and O–H groups in total. The molecule has 0 unspecified atom stereocenters. The maximum atomic E-state index is 12.4. The van der Waals surface area contributed by atoms with Crippen LogP contribution in [0.3, 0.4) is 0 Å². The predicted molar refractivity (Wildman–Crippen MR) is 105 cm³/mol. The Kier molecular flexibility index (Phi) is 6.76. The summed E-state index contributed by atoms with van der Waals surface area (Å²) < 4.78 is 34.0. The van der Waals surface area contributed by atoms with E-state index in [2.05, 4.69) is 15.0 Å². The van der Waals surface area contributed by atoms with Gasteiger partial charge in [-0.1, -0.05) is 12.1 Å². The average molecular weight is 399 g/mol. The van der Waals surface area contributed by atoms with Gasteiger partial charge in [0.1, 0.15) is 17.4 Å². The molecule has 0 saturated carbocycles. The van der Waals surface area contributed by atoms with Gasteiger partial charge in [0.15, 0.2) is 0 Å².